The van der Waals surface area contributed by atoms with E-state index in [4.69, 9.17) is 0 Å². The van der Waals surface area contributed by atoms with E-state index in [0.717, 1.165) is 0 Å². The molecule has 8 rings (SSSR count). The molecule has 70 heavy (non-hydrogen) atoms. The summed E-state index contributed by atoms with van der Waals surface area (Å²) in [5.41, 5.74) is 18.8. The summed E-state index contributed by atoms with van der Waals surface area (Å²) < 4.78 is -0.0357. The number of halogens is 2. The van der Waals surface area contributed by atoms with Crippen molar-refractivity contribution in [3.8, 4) is 44.5 Å². The summed E-state index contributed by atoms with van der Waals surface area (Å²) >= 11 is -5.27. The summed E-state index contributed by atoms with van der Waals surface area (Å²) in [5, 5.41) is 6.12. The number of hydrogen-bond donors (Lipinski definition) is 0. The van der Waals surface area contributed by atoms with E-state index >= 15 is 0 Å². The average molecular weight is 1130 g/mol. The van der Waals surface area contributed by atoms with Gasteiger partial charge in [0.15, 0.2) is 0 Å². The maximum absolute atomic E-state index is 9.30. The van der Waals surface area contributed by atoms with Crippen LogP contribution in [0.1, 0.15) is 57.2 Å². The van der Waals surface area contributed by atoms with Crippen LogP contribution >= 0.6 is 17.0 Å². The second kappa shape index (κ2) is 18.9. The molecule has 0 aromatic heterocycles. The van der Waals surface area contributed by atoms with Gasteiger partial charge in [0, 0.05) is 0 Å². The van der Waals surface area contributed by atoms with Crippen molar-refractivity contribution in [3.63, 3.8) is 0 Å². The van der Waals surface area contributed by atoms with Crippen LogP contribution in [0.2, 0.25) is 91.7 Å². The minimum atomic E-state index is -5.27. The summed E-state index contributed by atoms with van der Waals surface area (Å²) in [7, 11) is 11.8. The Kier molecular flexibility index (Phi) is 14.5. The van der Waals surface area contributed by atoms with Gasteiger partial charge in [-0.05, 0) is 0 Å². The third kappa shape index (κ3) is 9.66. The summed E-state index contributed by atoms with van der Waals surface area (Å²) in [4.78, 5) is 0. The summed E-state index contributed by atoms with van der Waals surface area (Å²) in [6, 6.07) is 47.5. The van der Waals surface area contributed by atoms with Crippen LogP contribution in [-0.4, -0.2) is 38.2 Å². The fraction of sp³-hybridized carbons (Fsp3) is 0.355. The molecule has 6 aromatic rings. The molecular weight excluding hydrogens is 1050 g/mol. The molecule has 0 amide bonds. The molecule has 0 saturated carbocycles. The van der Waals surface area contributed by atoms with Gasteiger partial charge in [-0.2, -0.15) is 0 Å². The molecule has 2 unspecified atom stereocenters. The van der Waals surface area contributed by atoms with Crippen molar-refractivity contribution >= 4 is 88.1 Å². The molecule has 367 valence electrons. The standard InChI is InChI=1S/2C30H37Si2.C2H7Si.2ClH.Zr/c2*1-21(2)24-16-23-14-15-28(22-12-10-9-11-13-22)30(29(23)19-24)25-17-26(31(3,4)5)20-27(18-25)32(6,7)8;1-3-2;;;/h2*9-21H,1-8H3;3H,1-2H3;2*1H;/q;;;;;+2/p-2. The molecular formula is C62H81Cl2Si5Zr. The first kappa shape index (κ1) is 53.6. The molecule has 2 atom stereocenters. The van der Waals surface area contributed by atoms with Crippen molar-refractivity contribution in [2.24, 2.45) is 11.8 Å². The van der Waals surface area contributed by atoms with E-state index in [0.29, 0.717) is 0 Å². The van der Waals surface area contributed by atoms with Crippen LogP contribution in [0.3, 0.4) is 0 Å². The zero-order valence-corrected chi connectivity index (χ0v) is 55.0. The molecule has 0 aliphatic heterocycles. The predicted octanol–water partition coefficient (Wildman–Crippen LogP) is 17.4. The first-order chi connectivity index (χ1) is 32.4. The SMILES string of the molecule is CC(C)C1=Cc2c(ccc(-c3ccccc3)c2-c2cc([Si](C)(C)C)cc([Si](C)(C)C)c2)[CH]1[Zr]([Cl])([Cl])([CH]1C(C(C)C)=Cc2c1ccc(-c1ccccc1)c2-c1cc([Si](C)(C)C)cc([Si](C)(C)C)c1)[SiH](C)C. The van der Waals surface area contributed by atoms with E-state index in [9.17, 15) is 17.0 Å². The second-order valence-corrected chi connectivity index (χ2v) is 89.0. The van der Waals surface area contributed by atoms with Gasteiger partial charge < -0.3 is 0 Å². The van der Waals surface area contributed by atoms with Crippen molar-refractivity contribution in [2.45, 2.75) is 127 Å². The molecule has 0 fully saturated rings. The molecule has 6 aromatic carbocycles. The van der Waals surface area contributed by atoms with E-state index < -0.39 is 53.8 Å². The molecule has 0 bridgehead atoms. The monoisotopic (exact) mass is 1130 g/mol. The van der Waals surface area contributed by atoms with Crippen molar-refractivity contribution < 1.29 is 15.6 Å². The Bertz CT molecular complexity index is 2780. The maximum atomic E-state index is 9.30. The van der Waals surface area contributed by atoms with Gasteiger partial charge in [0.2, 0.25) is 0 Å². The molecule has 0 N–H and O–H groups in total. The van der Waals surface area contributed by atoms with Gasteiger partial charge in [0.25, 0.3) is 0 Å². The number of rotatable bonds is 13. The first-order valence-electron chi connectivity index (χ1n) is 26.2. The average Bonchev–Trinajstić information content (AvgIpc) is 3.89. The third-order valence-electron chi connectivity index (χ3n) is 16.1. The van der Waals surface area contributed by atoms with Crippen LogP contribution < -0.4 is 20.7 Å². The van der Waals surface area contributed by atoms with Crippen LogP contribution in [0.4, 0.5) is 0 Å². The van der Waals surface area contributed by atoms with E-state index in [1.807, 2.05) is 0 Å². The van der Waals surface area contributed by atoms with Crippen molar-refractivity contribution in [2.75, 3.05) is 0 Å². The Balaban J connectivity index is 1.47. The molecule has 8 heteroatoms. The van der Waals surface area contributed by atoms with E-state index in [2.05, 4.69) is 253 Å². The Morgan fingerprint density at radius 3 is 0.971 bits per heavy atom. The number of fused-ring (bicyclic) bond motifs is 2. The normalized spacial score (nSPS) is 17.2. The second-order valence-electron chi connectivity index (χ2n) is 26.2. The predicted molar refractivity (Wildman–Crippen MR) is 328 cm³/mol. The van der Waals surface area contributed by atoms with Crippen LogP contribution in [0.5, 0.6) is 0 Å². The van der Waals surface area contributed by atoms with E-state index in [1.165, 1.54) is 98.7 Å². The van der Waals surface area contributed by atoms with Crippen LogP contribution in [0.25, 0.3) is 56.7 Å². The van der Waals surface area contributed by atoms with Crippen molar-refractivity contribution in [3.05, 3.63) is 155 Å². The number of allylic oxidation sites excluding steroid dienone is 2. The Morgan fingerprint density at radius 1 is 0.414 bits per heavy atom. The molecule has 2 aliphatic carbocycles. The number of benzene rings is 6. The van der Waals surface area contributed by atoms with E-state index in [-0.39, 0.29) is 19.1 Å². The van der Waals surface area contributed by atoms with Crippen molar-refractivity contribution in [1.29, 1.82) is 0 Å². The van der Waals surface area contributed by atoms with Gasteiger partial charge in [-0.1, -0.05) is 0 Å². The van der Waals surface area contributed by atoms with Gasteiger partial charge in [0.05, 0.1) is 0 Å². The topological polar surface area (TPSA) is 0 Å². The number of hydrogen-bond acceptors (Lipinski definition) is 0. The Hall–Kier alpha value is -2.65. The van der Waals surface area contributed by atoms with Crippen LogP contribution in [-0.2, 0) is 15.6 Å². The minimum absolute atomic E-state index is 0.0179. The van der Waals surface area contributed by atoms with Gasteiger partial charge in [-0.15, -0.1) is 0 Å². The molecule has 0 saturated heterocycles. The van der Waals surface area contributed by atoms with Crippen LogP contribution in [0.15, 0.2) is 132 Å². The molecule has 0 radical (unpaired) electrons. The molecule has 0 heterocycles. The van der Waals surface area contributed by atoms with Gasteiger partial charge in [-0.3, -0.25) is 0 Å². The fourth-order valence-electron chi connectivity index (χ4n) is 11.6. The van der Waals surface area contributed by atoms with Gasteiger partial charge in [0.1, 0.15) is 0 Å². The molecule has 2 aliphatic rings. The fourth-order valence-corrected chi connectivity index (χ4v) is 48.1. The zero-order valence-electron chi connectivity index (χ0n) is 45.8. The molecule has 0 nitrogen and oxygen atoms in total. The first-order valence-corrected chi connectivity index (χ1v) is 56.5. The summed E-state index contributed by atoms with van der Waals surface area (Å²) in [6.07, 6.45) is 5.21. The zero-order chi connectivity index (χ0) is 51.3. The van der Waals surface area contributed by atoms with Crippen molar-refractivity contribution in [1.82, 2.24) is 0 Å². The summed E-state index contributed by atoms with van der Waals surface area (Å²) in [5.74, 6) is -1.33. The Labute approximate surface area is 437 Å². The quantitative estimate of drug-likeness (QED) is 0.101. The third-order valence-corrected chi connectivity index (χ3v) is 75.8. The molecule has 0 spiro atoms. The van der Waals surface area contributed by atoms with Gasteiger partial charge in [-0.25, -0.2) is 0 Å². The van der Waals surface area contributed by atoms with Crippen LogP contribution in [0, 0.1) is 11.8 Å². The Morgan fingerprint density at radius 2 is 0.714 bits per heavy atom. The van der Waals surface area contributed by atoms with Gasteiger partial charge >= 0.3 is 441 Å². The van der Waals surface area contributed by atoms with E-state index in [1.54, 1.807) is 0 Å². The summed E-state index contributed by atoms with van der Waals surface area (Å²) in [6.45, 7) is 44.7.